The number of unbranched alkanes of at least 4 members (excludes halogenated alkanes) is 1. The van der Waals surface area contributed by atoms with Crippen molar-refractivity contribution in [2.45, 2.75) is 32.1 Å². The van der Waals surface area contributed by atoms with Crippen molar-refractivity contribution in [1.82, 2.24) is 15.6 Å². The van der Waals surface area contributed by atoms with Gasteiger partial charge in [0.2, 0.25) is 5.91 Å². The van der Waals surface area contributed by atoms with Crippen molar-refractivity contribution in [2.75, 3.05) is 19.6 Å². The predicted molar refractivity (Wildman–Crippen MR) is 100 cm³/mol. The number of amides is 1. The van der Waals surface area contributed by atoms with Crippen LogP contribution in [0.3, 0.4) is 0 Å². The molecule has 0 atom stereocenters. The Balaban J connectivity index is 0.00000242. The lowest BCUT2D eigenvalue weighted by Gasteiger charge is -2.22. The molecule has 0 bridgehead atoms. The van der Waals surface area contributed by atoms with Crippen molar-refractivity contribution in [3.05, 3.63) is 36.2 Å². The van der Waals surface area contributed by atoms with Gasteiger partial charge in [-0.2, -0.15) is 0 Å². The van der Waals surface area contributed by atoms with Crippen LogP contribution in [0, 0.1) is 5.92 Å². The van der Waals surface area contributed by atoms with Gasteiger partial charge in [-0.25, -0.2) is 0 Å². The van der Waals surface area contributed by atoms with Gasteiger partial charge in [0, 0.05) is 25.0 Å². The summed E-state index contributed by atoms with van der Waals surface area (Å²) >= 11 is 0. The minimum atomic E-state index is -0.0271. The molecule has 2 heterocycles. The van der Waals surface area contributed by atoms with Gasteiger partial charge in [-0.1, -0.05) is 18.9 Å². The van der Waals surface area contributed by atoms with Crippen LogP contribution in [0.15, 0.2) is 30.6 Å². The van der Waals surface area contributed by atoms with Gasteiger partial charge < -0.3 is 10.6 Å². The maximum atomic E-state index is 11.7. The molecular weight excluding hydrogens is 333 g/mol. The Morgan fingerprint density at radius 1 is 1.30 bits per heavy atom. The molecular formula is C17H27Cl2N3O. The average Bonchev–Trinajstić information content (AvgIpc) is 2.54. The molecule has 0 radical (unpaired) electrons. The van der Waals surface area contributed by atoms with E-state index in [0.29, 0.717) is 0 Å². The molecule has 2 rings (SSSR count). The van der Waals surface area contributed by atoms with E-state index in [1.54, 1.807) is 24.5 Å². The Hall–Kier alpha value is -1.10. The van der Waals surface area contributed by atoms with E-state index in [1.807, 2.05) is 12.1 Å². The zero-order valence-corrected chi connectivity index (χ0v) is 15.0. The fourth-order valence-corrected chi connectivity index (χ4v) is 2.65. The summed E-state index contributed by atoms with van der Waals surface area (Å²) in [5.74, 6) is 0.855. The SMILES string of the molecule is Cl.Cl.O=C(/C=C/c1cccnc1)NCCCCC1CCNCC1. The van der Waals surface area contributed by atoms with E-state index in [-0.39, 0.29) is 30.7 Å². The molecule has 0 aliphatic carbocycles. The molecule has 1 aliphatic rings. The number of hydrogen-bond acceptors (Lipinski definition) is 3. The van der Waals surface area contributed by atoms with Crippen LogP contribution < -0.4 is 10.6 Å². The Morgan fingerprint density at radius 2 is 2.09 bits per heavy atom. The lowest BCUT2D eigenvalue weighted by Crippen LogP contribution is -2.28. The molecule has 1 fully saturated rings. The molecule has 0 aromatic carbocycles. The van der Waals surface area contributed by atoms with E-state index >= 15 is 0 Å². The van der Waals surface area contributed by atoms with Gasteiger partial charge in [-0.05, 0) is 56.0 Å². The van der Waals surface area contributed by atoms with Crippen molar-refractivity contribution in [3.63, 3.8) is 0 Å². The number of carbonyl (C=O) groups excluding carboxylic acids is 1. The average molecular weight is 360 g/mol. The van der Waals surface area contributed by atoms with Crippen LogP contribution in [0.25, 0.3) is 6.08 Å². The molecule has 1 saturated heterocycles. The number of halogens is 2. The van der Waals surface area contributed by atoms with E-state index in [9.17, 15) is 4.79 Å². The van der Waals surface area contributed by atoms with Crippen LogP contribution in [0.2, 0.25) is 0 Å². The van der Waals surface area contributed by atoms with Crippen molar-refractivity contribution in [3.8, 4) is 0 Å². The van der Waals surface area contributed by atoms with Gasteiger partial charge in [-0.15, -0.1) is 24.8 Å². The highest BCUT2D eigenvalue weighted by Crippen LogP contribution is 2.18. The maximum Gasteiger partial charge on any atom is 0.243 e. The molecule has 0 unspecified atom stereocenters. The number of hydrogen-bond donors (Lipinski definition) is 2. The quantitative estimate of drug-likeness (QED) is 0.580. The van der Waals surface area contributed by atoms with Crippen LogP contribution >= 0.6 is 24.8 Å². The number of pyridine rings is 1. The fourth-order valence-electron chi connectivity index (χ4n) is 2.65. The molecule has 2 N–H and O–H groups in total. The second-order valence-electron chi connectivity index (χ2n) is 5.60. The van der Waals surface area contributed by atoms with E-state index in [1.165, 1.54) is 38.8 Å². The first-order valence-corrected chi connectivity index (χ1v) is 7.91. The summed E-state index contributed by atoms with van der Waals surface area (Å²) in [4.78, 5) is 15.7. The molecule has 1 aromatic heterocycles. The molecule has 0 spiro atoms. The standard InChI is InChI=1S/C17H25N3O.2ClH/c21-17(7-6-16-5-3-10-19-14-16)20-11-2-1-4-15-8-12-18-13-9-15;;/h3,5-7,10,14-15,18H,1-2,4,8-9,11-13H2,(H,20,21);2*1H/b7-6+;;. The zero-order chi connectivity index (χ0) is 14.8. The smallest absolute Gasteiger partial charge is 0.243 e. The summed E-state index contributed by atoms with van der Waals surface area (Å²) in [6, 6.07) is 3.79. The third-order valence-electron chi connectivity index (χ3n) is 3.91. The van der Waals surface area contributed by atoms with Crippen molar-refractivity contribution in [1.29, 1.82) is 0 Å². The molecule has 23 heavy (non-hydrogen) atoms. The molecule has 0 saturated carbocycles. The number of nitrogens with zero attached hydrogens (tertiary/aromatic N) is 1. The van der Waals surface area contributed by atoms with Gasteiger partial charge in [0.05, 0.1) is 0 Å². The van der Waals surface area contributed by atoms with Crippen LogP contribution in [-0.4, -0.2) is 30.5 Å². The Morgan fingerprint density at radius 3 is 2.78 bits per heavy atom. The van der Waals surface area contributed by atoms with Crippen molar-refractivity contribution < 1.29 is 4.79 Å². The topological polar surface area (TPSA) is 54.0 Å². The molecule has 1 aromatic rings. The third-order valence-corrected chi connectivity index (χ3v) is 3.91. The number of carbonyl (C=O) groups is 1. The van der Waals surface area contributed by atoms with E-state index in [0.717, 1.165) is 24.4 Å². The molecule has 6 heteroatoms. The lowest BCUT2D eigenvalue weighted by molar-refractivity contribution is -0.116. The Bertz CT molecular complexity index is 448. The first kappa shape index (κ1) is 21.9. The fraction of sp³-hybridized carbons (Fsp3) is 0.529. The van der Waals surface area contributed by atoms with Crippen LogP contribution in [0.4, 0.5) is 0 Å². The number of nitrogens with one attached hydrogen (secondary N) is 2. The first-order valence-electron chi connectivity index (χ1n) is 7.91. The van der Waals surface area contributed by atoms with E-state index in [4.69, 9.17) is 0 Å². The Labute approximate surface area is 151 Å². The maximum absolute atomic E-state index is 11.7. The third kappa shape index (κ3) is 9.59. The van der Waals surface area contributed by atoms with Gasteiger partial charge in [-0.3, -0.25) is 9.78 Å². The summed E-state index contributed by atoms with van der Waals surface area (Å²) in [7, 11) is 0. The molecule has 130 valence electrons. The van der Waals surface area contributed by atoms with Crippen molar-refractivity contribution >= 4 is 36.8 Å². The molecule has 1 aliphatic heterocycles. The predicted octanol–water partition coefficient (Wildman–Crippen LogP) is 3.22. The number of piperidine rings is 1. The van der Waals surface area contributed by atoms with Crippen LogP contribution in [0.1, 0.15) is 37.7 Å². The minimum Gasteiger partial charge on any atom is -0.353 e. The van der Waals surface area contributed by atoms with E-state index in [2.05, 4.69) is 15.6 Å². The lowest BCUT2D eigenvalue weighted by atomic mass is 9.92. The Kier molecular flexibility index (Phi) is 12.7. The normalized spacial score (nSPS) is 14.8. The first-order chi connectivity index (χ1) is 10.3. The van der Waals surface area contributed by atoms with Gasteiger partial charge in [0.1, 0.15) is 0 Å². The van der Waals surface area contributed by atoms with E-state index < -0.39 is 0 Å². The molecule has 1 amide bonds. The van der Waals surface area contributed by atoms with Gasteiger partial charge in [0.15, 0.2) is 0 Å². The monoisotopic (exact) mass is 359 g/mol. The van der Waals surface area contributed by atoms with Crippen molar-refractivity contribution in [2.24, 2.45) is 5.92 Å². The summed E-state index contributed by atoms with van der Waals surface area (Å²) in [6.07, 6.45) is 13.0. The summed E-state index contributed by atoms with van der Waals surface area (Å²) in [5.41, 5.74) is 0.943. The van der Waals surface area contributed by atoms with Crippen LogP contribution in [0.5, 0.6) is 0 Å². The van der Waals surface area contributed by atoms with Crippen LogP contribution in [-0.2, 0) is 4.79 Å². The van der Waals surface area contributed by atoms with Gasteiger partial charge >= 0.3 is 0 Å². The molecule has 4 nitrogen and oxygen atoms in total. The highest BCUT2D eigenvalue weighted by molar-refractivity contribution is 5.91. The number of aromatic nitrogens is 1. The zero-order valence-electron chi connectivity index (χ0n) is 13.4. The highest BCUT2D eigenvalue weighted by atomic mass is 35.5. The highest BCUT2D eigenvalue weighted by Gasteiger charge is 2.11. The van der Waals surface area contributed by atoms with Gasteiger partial charge in [0.25, 0.3) is 0 Å². The number of rotatable bonds is 7. The largest absolute Gasteiger partial charge is 0.353 e. The second kappa shape index (κ2) is 13.3. The minimum absolute atomic E-state index is 0. The summed E-state index contributed by atoms with van der Waals surface area (Å²) < 4.78 is 0. The summed E-state index contributed by atoms with van der Waals surface area (Å²) in [6.45, 7) is 3.10. The second-order valence-corrected chi connectivity index (χ2v) is 5.60. The summed E-state index contributed by atoms with van der Waals surface area (Å²) in [5, 5.41) is 6.32.